The van der Waals surface area contributed by atoms with E-state index in [0.29, 0.717) is 11.3 Å². The van der Waals surface area contributed by atoms with Gasteiger partial charge in [0.05, 0.1) is 23.8 Å². The van der Waals surface area contributed by atoms with Crippen molar-refractivity contribution in [2.45, 2.75) is 0 Å². The first kappa shape index (κ1) is 11.2. The molecule has 3 aromatic rings. The van der Waals surface area contributed by atoms with Gasteiger partial charge in [-0.3, -0.25) is 5.10 Å². The SMILES string of the molecule is O=C(O)c1cn[nH]c1-c1cnn(-c2ccccc2)c1. The molecule has 1 aromatic carbocycles. The number of carbonyl (C=O) groups is 1. The lowest BCUT2D eigenvalue weighted by atomic mass is 10.1. The van der Waals surface area contributed by atoms with E-state index in [2.05, 4.69) is 15.3 Å². The highest BCUT2D eigenvalue weighted by Gasteiger charge is 2.15. The fraction of sp³-hybridized carbons (Fsp3) is 0. The van der Waals surface area contributed by atoms with Crippen LogP contribution in [-0.4, -0.2) is 31.1 Å². The lowest BCUT2D eigenvalue weighted by molar-refractivity contribution is 0.0698. The minimum absolute atomic E-state index is 0.132. The summed E-state index contributed by atoms with van der Waals surface area (Å²) in [5, 5.41) is 19.7. The van der Waals surface area contributed by atoms with Gasteiger partial charge < -0.3 is 5.11 Å². The van der Waals surface area contributed by atoms with Gasteiger partial charge in [0.1, 0.15) is 5.56 Å². The number of carboxylic acids is 1. The minimum atomic E-state index is -1.02. The lowest BCUT2D eigenvalue weighted by Gasteiger charge is -1.99. The number of H-pyrrole nitrogens is 1. The van der Waals surface area contributed by atoms with E-state index in [1.54, 1.807) is 17.1 Å². The van der Waals surface area contributed by atoms with Gasteiger partial charge in [0.2, 0.25) is 0 Å². The van der Waals surface area contributed by atoms with Gasteiger partial charge in [-0.15, -0.1) is 0 Å². The summed E-state index contributed by atoms with van der Waals surface area (Å²) in [5.41, 5.74) is 2.17. The standard InChI is InChI=1S/C13H10N4O2/c18-13(19)11-7-14-16-12(11)9-6-15-17(8-9)10-4-2-1-3-5-10/h1-8H,(H,14,16)(H,18,19). The Labute approximate surface area is 108 Å². The Hall–Kier alpha value is -2.89. The normalized spacial score (nSPS) is 10.5. The summed E-state index contributed by atoms with van der Waals surface area (Å²) < 4.78 is 1.68. The molecule has 0 unspecified atom stereocenters. The molecule has 0 spiro atoms. The van der Waals surface area contributed by atoms with Crippen LogP contribution in [0.15, 0.2) is 48.9 Å². The van der Waals surface area contributed by atoms with E-state index in [0.717, 1.165) is 5.69 Å². The molecular formula is C13H10N4O2. The summed E-state index contributed by atoms with van der Waals surface area (Å²) in [6.07, 6.45) is 4.65. The van der Waals surface area contributed by atoms with E-state index >= 15 is 0 Å². The van der Waals surface area contributed by atoms with E-state index in [-0.39, 0.29) is 5.56 Å². The molecule has 94 valence electrons. The maximum atomic E-state index is 11.0. The molecule has 2 heterocycles. The molecule has 6 heteroatoms. The largest absolute Gasteiger partial charge is 0.478 e. The number of aromatic nitrogens is 4. The lowest BCUT2D eigenvalue weighted by Crippen LogP contribution is -1.96. The van der Waals surface area contributed by atoms with Gasteiger partial charge in [-0.1, -0.05) is 18.2 Å². The van der Waals surface area contributed by atoms with Crippen molar-refractivity contribution < 1.29 is 9.90 Å². The highest BCUT2D eigenvalue weighted by atomic mass is 16.4. The van der Waals surface area contributed by atoms with Gasteiger partial charge in [0.15, 0.2) is 0 Å². The third kappa shape index (κ3) is 1.99. The van der Waals surface area contributed by atoms with Gasteiger partial charge in [-0.2, -0.15) is 10.2 Å². The number of hydrogen-bond acceptors (Lipinski definition) is 3. The van der Waals surface area contributed by atoms with E-state index in [1.165, 1.54) is 6.20 Å². The fourth-order valence-electron chi connectivity index (χ4n) is 1.84. The van der Waals surface area contributed by atoms with Crippen LogP contribution in [0.1, 0.15) is 10.4 Å². The number of aromatic carboxylic acids is 1. The first-order valence-electron chi connectivity index (χ1n) is 5.63. The Morgan fingerprint density at radius 2 is 2.00 bits per heavy atom. The monoisotopic (exact) mass is 254 g/mol. The summed E-state index contributed by atoms with van der Waals surface area (Å²) in [6.45, 7) is 0. The second kappa shape index (κ2) is 4.41. The Morgan fingerprint density at radius 3 is 2.74 bits per heavy atom. The molecule has 6 nitrogen and oxygen atoms in total. The summed E-state index contributed by atoms with van der Waals surface area (Å²) in [6, 6.07) is 9.58. The maximum Gasteiger partial charge on any atom is 0.339 e. The Kier molecular flexibility index (Phi) is 2.60. The van der Waals surface area contributed by atoms with Gasteiger partial charge in [0, 0.05) is 11.8 Å². The van der Waals surface area contributed by atoms with E-state index in [1.807, 2.05) is 30.3 Å². The fourth-order valence-corrected chi connectivity index (χ4v) is 1.84. The van der Waals surface area contributed by atoms with Crippen molar-refractivity contribution >= 4 is 5.97 Å². The van der Waals surface area contributed by atoms with Crippen LogP contribution in [0.25, 0.3) is 16.9 Å². The average Bonchev–Trinajstić information content (AvgIpc) is 3.08. The Balaban J connectivity index is 2.02. The Morgan fingerprint density at radius 1 is 1.21 bits per heavy atom. The van der Waals surface area contributed by atoms with Crippen LogP contribution in [0.2, 0.25) is 0 Å². The second-order valence-electron chi connectivity index (χ2n) is 3.97. The number of aromatic amines is 1. The van der Waals surface area contributed by atoms with E-state index in [9.17, 15) is 4.79 Å². The number of carboxylic acid groups (broad SMARTS) is 1. The Bertz CT molecular complexity index is 715. The summed E-state index contributed by atoms with van der Waals surface area (Å²) in [5.74, 6) is -1.02. The highest BCUT2D eigenvalue weighted by Crippen LogP contribution is 2.21. The van der Waals surface area contributed by atoms with E-state index < -0.39 is 5.97 Å². The van der Waals surface area contributed by atoms with Crippen LogP contribution in [0.5, 0.6) is 0 Å². The van der Waals surface area contributed by atoms with Crippen LogP contribution in [0.3, 0.4) is 0 Å². The summed E-state index contributed by atoms with van der Waals surface area (Å²) >= 11 is 0. The number of para-hydroxylation sites is 1. The number of benzene rings is 1. The third-order valence-electron chi connectivity index (χ3n) is 2.76. The number of nitrogens with zero attached hydrogens (tertiary/aromatic N) is 3. The van der Waals surface area contributed by atoms with Crippen molar-refractivity contribution in [1.29, 1.82) is 0 Å². The molecule has 19 heavy (non-hydrogen) atoms. The third-order valence-corrected chi connectivity index (χ3v) is 2.76. The molecule has 2 N–H and O–H groups in total. The van der Waals surface area contributed by atoms with Gasteiger partial charge >= 0.3 is 5.97 Å². The molecule has 2 aromatic heterocycles. The first-order chi connectivity index (χ1) is 9.25. The van der Waals surface area contributed by atoms with Gasteiger partial charge in [-0.05, 0) is 12.1 Å². The van der Waals surface area contributed by atoms with Crippen molar-refractivity contribution in [3.8, 4) is 16.9 Å². The van der Waals surface area contributed by atoms with Gasteiger partial charge in [-0.25, -0.2) is 9.48 Å². The molecule has 0 bridgehead atoms. The number of rotatable bonds is 3. The first-order valence-corrected chi connectivity index (χ1v) is 5.63. The molecular weight excluding hydrogens is 244 g/mol. The zero-order valence-corrected chi connectivity index (χ0v) is 9.82. The molecule has 0 aliphatic heterocycles. The molecule has 0 amide bonds. The van der Waals surface area contributed by atoms with Crippen LogP contribution in [0.4, 0.5) is 0 Å². The predicted molar refractivity (Wildman–Crippen MR) is 68.1 cm³/mol. The molecule has 0 atom stereocenters. The molecule has 0 saturated carbocycles. The van der Waals surface area contributed by atoms with Gasteiger partial charge in [0.25, 0.3) is 0 Å². The molecule has 0 aliphatic rings. The van der Waals surface area contributed by atoms with Crippen LogP contribution in [-0.2, 0) is 0 Å². The molecule has 0 aliphatic carbocycles. The van der Waals surface area contributed by atoms with Crippen molar-refractivity contribution in [3.05, 3.63) is 54.5 Å². The molecule has 0 saturated heterocycles. The summed E-state index contributed by atoms with van der Waals surface area (Å²) in [7, 11) is 0. The zero-order valence-electron chi connectivity index (χ0n) is 9.82. The van der Waals surface area contributed by atoms with Crippen LogP contribution in [0, 0.1) is 0 Å². The van der Waals surface area contributed by atoms with E-state index in [4.69, 9.17) is 5.11 Å². The second-order valence-corrected chi connectivity index (χ2v) is 3.97. The van der Waals surface area contributed by atoms with Crippen molar-refractivity contribution in [1.82, 2.24) is 20.0 Å². The number of nitrogens with one attached hydrogen (secondary N) is 1. The minimum Gasteiger partial charge on any atom is -0.478 e. The average molecular weight is 254 g/mol. The predicted octanol–water partition coefficient (Wildman–Crippen LogP) is 1.96. The molecule has 0 fully saturated rings. The number of hydrogen-bond donors (Lipinski definition) is 2. The van der Waals surface area contributed by atoms with Crippen molar-refractivity contribution in [2.24, 2.45) is 0 Å². The molecule has 3 rings (SSSR count). The quantitative estimate of drug-likeness (QED) is 0.748. The van der Waals surface area contributed by atoms with Crippen LogP contribution < -0.4 is 0 Å². The molecule has 0 radical (unpaired) electrons. The van der Waals surface area contributed by atoms with Crippen molar-refractivity contribution in [2.75, 3.05) is 0 Å². The van der Waals surface area contributed by atoms with Crippen LogP contribution >= 0.6 is 0 Å². The highest BCUT2D eigenvalue weighted by molar-refractivity contribution is 5.94. The summed E-state index contributed by atoms with van der Waals surface area (Å²) in [4.78, 5) is 11.0. The zero-order chi connectivity index (χ0) is 13.2. The smallest absolute Gasteiger partial charge is 0.339 e. The van der Waals surface area contributed by atoms with Crippen molar-refractivity contribution in [3.63, 3.8) is 0 Å². The maximum absolute atomic E-state index is 11.0. The topological polar surface area (TPSA) is 83.8 Å².